The molecule has 1 aromatic rings. The van der Waals surface area contributed by atoms with Gasteiger partial charge in [0.05, 0.1) is 18.8 Å². The van der Waals surface area contributed by atoms with Gasteiger partial charge in [0, 0.05) is 33.4 Å². The van der Waals surface area contributed by atoms with Crippen LogP contribution in [0, 0.1) is 13.8 Å². The standard InChI is InChI=1S/C24H34N2O4/c1-17-10-11-20(18(2)16-17)21-22(25(12-14-29-3)13-15-30-4)24(28)26(23(21)27)19-8-6-5-7-9-19/h10-11,16,19H,5-9,12-15H2,1-4H3. The molecule has 1 aromatic carbocycles. The Balaban J connectivity index is 2.08. The highest BCUT2D eigenvalue weighted by atomic mass is 16.5. The second-order valence-electron chi connectivity index (χ2n) is 8.29. The van der Waals surface area contributed by atoms with Crippen molar-refractivity contribution in [1.82, 2.24) is 9.80 Å². The number of ether oxygens (including phenoxy) is 2. The van der Waals surface area contributed by atoms with Gasteiger partial charge in [-0.25, -0.2) is 0 Å². The van der Waals surface area contributed by atoms with E-state index in [1.807, 2.05) is 30.9 Å². The first kappa shape index (κ1) is 22.5. The van der Waals surface area contributed by atoms with E-state index in [1.54, 1.807) is 14.2 Å². The van der Waals surface area contributed by atoms with E-state index >= 15 is 0 Å². The summed E-state index contributed by atoms with van der Waals surface area (Å²) >= 11 is 0. The molecule has 6 heteroatoms. The Bertz CT molecular complexity index is 803. The lowest BCUT2D eigenvalue weighted by Gasteiger charge is -2.31. The van der Waals surface area contributed by atoms with Gasteiger partial charge >= 0.3 is 0 Å². The van der Waals surface area contributed by atoms with Crippen LogP contribution in [0.2, 0.25) is 0 Å². The molecule has 30 heavy (non-hydrogen) atoms. The predicted octanol–water partition coefficient (Wildman–Crippen LogP) is 3.31. The number of nitrogens with zero attached hydrogens (tertiary/aromatic N) is 2. The molecule has 0 N–H and O–H groups in total. The molecule has 1 saturated carbocycles. The normalized spacial score (nSPS) is 17.9. The van der Waals surface area contributed by atoms with Crippen LogP contribution in [0.5, 0.6) is 0 Å². The third-order valence-electron chi connectivity index (χ3n) is 6.13. The highest BCUT2D eigenvalue weighted by Gasteiger charge is 2.45. The van der Waals surface area contributed by atoms with Crippen molar-refractivity contribution in [1.29, 1.82) is 0 Å². The maximum absolute atomic E-state index is 13.7. The van der Waals surface area contributed by atoms with Crippen LogP contribution in [0.15, 0.2) is 23.9 Å². The van der Waals surface area contributed by atoms with Gasteiger partial charge in [-0.2, -0.15) is 0 Å². The fourth-order valence-electron chi connectivity index (χ4n) is 4.57. The van der Waals surface area contributed by atoms with E-state index in [9.17, 15) is 9.59 Å². The Kier molecular flexibility index (Phi) is 7.67. The smallest absolute Gasteiger partial charge is 0.278 e. The molecule has 2 amide bonds. The van der Waals surface area contributed by atoms with Crippen LogP contribution in [-0.4, -0.2) is 68.2 Å². The van der Waals surface area contributed by atoms with E-state index in [1.165, 1.54) is 11.3 Å². The highest BCUT2D eigenvalue weighted by Crippen LogP contribution is 2.37. The zero-order valence-corrected chi connectivity index (χ0v) is 18.7. The molecule has 0 saturated heterocycles. The molecule has 0 unspecified atom stereocenters. The van der Waals surface area contributed by atoms with Gasteiger partial charge in [-0.1, -0.05) is 43.0 Å². The number of hydrogen-bond donors (Lipinski definition) is 0. The van der Waals surface area contributed by atoms with Crippen LogP contribution in [0.1, 0.15) is 48.8 Å². The van der Waals surface area contributed by atoms with Crippen molar-refractivity contribution >= 4 is 17.4 Å². The Morgan fingerprint density at radius 3 is 2.17 bits per heavy atom. The van der Waals surface area contributed by atoms with Crippen molar-refractivity contribution in [2.24, 2.45) is 0 Å². The Hall–Kier alpha value is -2.18. The number of carbonyl (C=O) groups excluding carboxylic acids is 2. The van der Waals surface area contributed by atoms with Crippen molar-refractivity contribution in [2.45, 2.75) is 52.0 Å². The predicted molar refractivity (Wildman–Crippen MR) is 117 cm³/mol. The summed E-state index contributed by atoms with van der Waals surface area (Å²) in [4.78, 5) is 30.8. The topological polar surface area (TPSA) is 59.1 Å². The molecule has 0 aromatic heterocycles. The minimum absolute atomic E-state index is 0.0105. The Morgan fingerprint density at radius 2 is 1.60 bits per heavy atom. The number of aryl methyl sites for hydroxylation is 2. The number of methoxy groups -OCH3 is 2. The van der Waals surface area contributed by atoms with Gasteiger partial charge in [0.2, 0.25) is 0 Å². The maximum atomic E-state index is 13.7. The molecule has 0 bridgehead atoms. The molecule has 6 nitrogen and oxygen atoms in total. The van der Waals surface area contributed by atoms with Crippen molar-refractivity contribution in [2.75, 3.05) is 40.5 Å². The maximum Gasteiger partial charge on any atom is 0.278 e. The summed E-state index contributed by atoms with van der Waals surface area (Å²) in [5.41, 5.74) is 4.00. The molecular weight excluding hydrogens is 380 g/mol. The van der Waals surface area contributed by atoms with Crippen LogP contribution < -0.4 is 0 Å². The molecule has 0 spiro atoms. The van der Waals surface area contributed by atoms with Gasteiger partial charge < -0.3 is 14.4 Å². The largest absolute Gasteiger partial charge is 0.383 e. The van der Waals surface area contributed by atoms with Crippen LogP contribution >= 0.6 is 0 Å². The van der Waals surface area contributed by atoms with E-state index in [-0.39, 0.29) is 17.9 Å². The summed E-state index contributed by atoms with van der Waals surface area (Å²) in [6, 6.07) is 6.03. The fraction of sp³-hybridized carbons (Fsp3) is 0.583. The van der Waals surface area contributed by atoms with Gasteiger partial charge in [-0.15, -0.1) is 0 Å². The van der Waals surface area contributed by atoms with E-state index in [2.05, 4.69) is 6.07 Å². The minimum atomic E-state index is -0.172. The molecule has 164 valence electrons. The molecule has 1 aliphatic carbocycles. The summed E-state index contributed by atoms with van der Waals surface area (Å²) < 4.78 is 10.6. The number of amides is 2. The Morgan fingerprint density at radius 1 is 0.967 bits per heavy atom. The van der Waals surface area contributed by atoms with Crippen LogP contribution in [0.3, 0.4) is 0 Å². The lowest BCUT2D eigenvalue weighted by molar-refractivity contribution is -0.141. The van der Waals surface area contributed by atoms with E-state index in [0.717, 1.165) is 42.4 Å². The first-order chi connectivity index (χ1) is 14.5. The van der Waals surface area contributed by atoms with Gasteiger partial charge in [-0.05, 0) is 37.8 Å². The molecule has 0 atom stereocenters. The zero-order valence-electron chi connectivity index (χ0n) is 18.7. The highest BCUT2D eigenvalue weighted by molar-refractivity contribution is 6.36. The summed E-state index contributed by atoms with van der Waals surface area (Å²) in [6.45, 7) is 6.03. The molecule has 1 fully saturated rings. The Labute approximate surface area is 179 Å². The van der Waals surface area contributed by atoms with Crippen molar-refractivity contribution in [3.63, 3.8) is 0 Å². The van der Waals surface area contributed by atoms with Gasteiger partial charge in [0.15, 0.2) is 0 Å². The van der Waals surface area contributed by atoms with Gasteiger partial charge in [0.25, 0.3) is 11.8 Å². The number of rotatable bonds is 9. The first-order valence-corrected chi connectivity index (χ1v) is 10.9. The first-order valence-electron chi connectivity index (χ1n) is 10.9. The second kappa shape index (κ2) is 10.2. The van der Waals surface area contributed by atoms with E-state index in [4.69, 9.17) is 9.47 Å². The lowest BCUT2D eigenvalue weighted by atomic mass is 9.94. The van der Waals surface area contributed by atoms with E-state index < -0.39 is 0 Å². The van der Waals surface area contributed by atoms with Crippen molar-refractivity contribution < 1.29 is 19.1 Å². The lowest BCUT2D eigenvalue weighted by Crippen LogP contribution is -2.44. The monoisotopic (exact) mass is 414 g/mol. The van der Waals surface area contributed by atoms with Crippen molar-refractivity contribution in [3.05, 3.63) is 40.6 Å². The van der Waals surface area contributed by atoms with Gasteiger partial charge in [0.1, 0.15) is 5.70 Å². The molecule has 3 rings (SSSR count). The number of carbonyl (C=O) groups is 2. The fourth-order valence-corrected chi connectivity index (χ4v) is 4.57. The van der Waals surface area contributed by atoms with Crippen LogP contribution in [-0.2, 0) is 19.1 Å². The summed E-state index contributed by atoms with van der Waals surface area (Å²) in [5.74, 6) is -0.331. The summed E-state index contributed by atoms with van der Waals surface area (Å²) in [5, 5.41) is 0. The average Bonchev–Trinajstić information content (AvgIpc) is 2.99. The SMILES string of the molecule is COCCN(CCOC)C1=C(c2ccc(C)cc2C)C(=O)N(C2CCCCC2)C1=O. The van der Waals surface area contributed by atoms with Crippen molar-refractivity contribution in [3.8, 4) is 0 Å². The van der Waals surface area contributed by atoms with Crippen LogP contribution in [0.25, 0.3) is 5.57 Å². The summed E-state index contributed by atoms with van der Waals surface area (Å²) in [6.07, 6.45) is 5.08. The third kappa shape index (κ3) is 4.60. The average molecular weight is 415 g/mol. The number of benzene rings is 1. The number of hydrogen-bond acceptors (Lipinski definition) is 5. The number of imide groups is 1. The third-order valence-corrected chi connectivity index (χ3v) is 6.13. The molecule has 2 aliphatic rings. The van der Waals surface area contributed by atoms with Gasteiger partial charge in [-0.3, -0.25) is 14.5 Å². The quantitative estimate of drug-likeness (QED) is 0.580. The van der Waals surface area contributed by atoms with E-state index in [0.29, 0.717) is 37.6 Å². The molecule has 0 radical (unpaired) electrons. The summed E-state index contributed by atoms with van der Waals surface area (Å²) in [7, 11) is 3.29. The molecule has 1 aliphatic heterocycles. The molecular formula is C24H34N2O4. The molecule has 1 heterocycles. The minimum Gasteiger partial charge on any atom is -0.383 e. The van der Waals surface area contributed by atoms with Crippen LogP contribution in [0.4, 0.5) is 0 Å². The zero-order chi connectivity index (χ0) is 21.7. The second-order valence-corrected chi connectivity index (χ2v) is 8.29.